The third-order valence-corrected chi connectivity index (χ3v) is 7.09. The molecule has 1 aliphatic heterocycles. The van der Waals surface area contributed by atoms with Gasteiger partial charge in [-0.15, -0.1) is 0 Å². The second-order valence-corrected chi connectivity index (χ2v) is 9.28. The first-order valence-electron chi connectivity index (χ1n) is 11.9. The van der Waals surface area contributed by atoms with E-state index in [9.17, 15) is 18.0 Å². The van der Waals surface area contributed by atoms with E-state index in [4.69, 9.17) is 4.74 Å². The van der Waals surface area contributed by atoms with E-state index in [0.29, 0.717) is 17.3 Å². The van der Waals surface area contributed by atoms with Gasteiger partial charge in [0.2, 0.25) is 0 Å². The zero-order chi connectivity index (χ0) is 23.9. The van der Waals surface area contributed by atoms with Crippen LogP contribution in [-0.2, 0) is 6.18 Å². The summed E-state index contributed by atoms with van der Waals surface area (Å²) in [7, 11) is 0. The highest BCUT2D eigenvalue weighted by Crippen LogP contribution is 2.33. The minimum atomic E-state index is -4.64. The molecule has 0 radical (unpaired) electrons. The van der Waals surface area contributed by atoms with Crippen LogP contribution >= 0.6 is 0 Å². The number of rotatable bonds is 4. The van der Waals surface area contributed by atoms with Crippen LogP contribution < -0.4 is 10.3 Å². The number of hydrogen-bond donors (Lipinski definition) is 0. The molecular weight excluding hydrogens is 443 g/mol. The van der Waals surface area contributed by atoms with Gasteiger partial charge in [-0.3, -0.25) is 9.36 Å². The third kappa shape index (κ3) is 4.43. The second-order valence-electron chi connectivity index (χ2n) is 9.28. The van der Waals surface area contributed by atoms with Crippen molar-refractivity contribution in [2.75, 3.05) is 13.1 Å². The van der Waals surface area contributed by atoms with Crippen molar-refractivity contribution in [2.24, 2.45) is 0 Å². The van der Waals surface area contributed by atoms with E-state index in [1.54, 1.807) is 31.2 Å². The molecule has 34 heavy (non-hydrogen) atoms. The monoisotopic (exact) mass is 471 g/mol. The lowest BCUT2D eigenvalue weighted by Crippen LogP contribution is -2.43. The van der Waals surface area contributed by atoms with Crippen molar-refractivity contribution in [3.05, 3.63) is 64.2 Å². The molecule has 0 bridgehead atoms. The van der Waals surface area contributed by atoms with Crippen LogP contribution in [0.4, 0.5) is 13.2 Å². The maximum Gasteiger partial charge on any atom is 0.417 e. The Hall–Kier alpha value is -2.87. The van der Waals surface area contributed by atoms with Gasteiger partial charge in [0.15, 0.2) is 0 Å². The molecule has 0 amide bonds. The van der Waals surface area contributed by atoms with Gasteiger partial charge in [-0.25, -0.2) is 4.98 Å². The van der Waals surface area contributed by atoms with Crippen LogP contribution in [0, 0.1) is 6.92 Å². The largest absolute Gasteiger partial charge is 0.490 e. The standard InChI is InChI=1S/C26H28F3N3O2/c1-17-30-23-8-4-7-22(26(27,28)29)24(23)25(33)32(17)19-9-11-20(12-10-19)34-21-13-15-31(16-14-21)18-5-2-3-6-18/h4,7-12,18,21H,2-3,5-6,13-16H2,1H3. The smallest absolute Gasteiger partial charge is 0.417 e. The molecule has 3 aromatic rings. The highest BCUT2D eigenvalue weighted by molar-refractivity contribution is 5.82. The van der Waals surface area contributed by atoms with Crippen LogP contribution in [0.15, 0.2) is 47.3 Å². The van der Waals surface area contributed by atoms with Gasteiger partial charge in [0.25, 0.3) is 5.56 Å². The maximum absolute atomic E-state index is 13.5. The van der Waals surface area contributed by atoms with Crippen LogP contribution in [0.25, 0.3) is 16.6 Å². The van der Waals surface area contributed by atoms with E-state index < -0.39 is 22.7 Å². The van der Waals surface area contributed by atoms with E-state index in [1.165, 1.54) is 42.4 Å². The lowest BCUT2D eigenvalue weighted by atomic mass is 10.0. The van der Waals surface area contributed by atoms with Crippen LogP contribution in [-0.4, -0.2) is 39.7 Å². The summed E-state index contributed by atoms with van der Waals surface area (Å²) < 4.78 is 48.0. The first kappa shape index (κ1) is 22.9. The molecule has 8 heteroatoms. The zero-order valence-electron chi connectivity index (χ0n) is 19.1. The Bertz CT molecular complexity index is 1220. The lowest BCUT2D eigenvalue weighted by Gasteiger charge is -2.36. The van der Waals surface area contributed by atoms with Gasteiger partial charge in [-0.1, -0.05) is 18.9 Å². The second kappa shape index (κ2) is 9.06. The van der Waals surface area contributed by atoms with Crippen molar-refractivity contribution >= 4 is 10.9 Å². The first-order valence-corrected chi connectivity index (χ1v) is 11.9. The van der Waals surface area contributed by atoms with E-state index in [1.807, 2.05) is 0 Å². The molecule has 1 saturated carbocycles. The molecular formula is C26H28F3N3O2. The number of benzene rings is 2. The number of halogens is 3. The Balaban J connectivity index is 1.35. The van der Waals surface area contributed by atoms with Gasteiger partial charge in [0.1, 0.15) is 17.7 Å². The van der Waals surface area contributed by atoms with Gasteiger partial charge < -0.3 is 9.64 Å². The van der Waals surface area contributed by atoms with Gasteiger partial charge in [0, 0.05) is 19.1 Å². The number of piperidine rings is 1. The van der Waals surface area contributed by atoms with Crippen LogP contribution in [0.1, 0.15) is 49.9 Å². The molecule has 1 aromatic heterocycles. The maximum atomic E-state index is 13.5. The predicted octanol–water partition coefficient (Wildman–Crippen LogP) is 5.50. The normalized spacial score (nSPS) is 18.6. The molecule has 2 aliphatic rings. The number of aromatic nitrogens is 2. The SMILES string of the molecule is Cc1nc2cccc(C(F)(F)F)c2c(=O)n1-c1ccc(OC2CCN(C3CCCC3)CC2)cc1. The van der Waals surface area contributed by atoms with Gasteiger partial charge in [0.05, 0.1) is 22.2 Å². The van der Waals surface area contributed by atoms with Gasteiger partial charge in [-0.05, 0) is 69.0 Å². The van der Waals surface area contributed by atoms with Gasteiger partial charge in [-0.2, -0.15) is 13.2 Å². The number of alkyl halides is 3. The number of fused-ring (bicyclic) bond motifs is 1. The van der Waals surface area contributed by atoms with E-state index in [2.05, 4.69) is 9.88 Å². The van der Waals surface area contributed by atoms with Crippen LogP contribution in [0.2, 0.25) is 0 Å². The first-order chi connectivity index (χ1) is 16.3. The van der Waals surface area contributed by atoms with Crippen molar-refractivity contribution < 1.29 is 17.9 Å². The number of nitrogens with zero attached hydrogens (tertiary/aromatic N) is 3. The molecule has 2 fully saturated rings. The average molecular weight is 472 g/mol. The third-order valence-electron chi connectivity index (χ3n) is 7.09. The van der Waals surface area contributed by atoms with E-state index in [0.717, 1.165) is 38.0 Å². The highest BCUT2D eigenvalue weighted by atomic mass is 19.4. The van der Waals surface area contributed by atoms with Gasteiger partial charge >= 0.3 is 6.18 Å². The molecule has 0 atom stereocenters. The van der Waals surface area contributed by atoms with Crippen molar-refractivity contribution in [1.82, 2.24) is 14.5 Å². The number of ether oxygens (including phenoxy) is 1. The summed E-state index contributed by atoms with van der Waals surface area (Å²) in [5.74, 6) is 1.02. The molecule has 2 aromatic carbocycles. The van der Waals surface area contributed by atoms with E-state index >= 15 is 0 Å². The summed E-state index contributed by atoms with van der Waals surface area (Å²) in [6.07, 6.45) is 2.74. The fourth-order valence-corrected chi connectivity index (χ4v) is 5.38. The minimum absolute atomic E-state index is 0.0393. The Labute approximate surface area is 196 Å². The average Bonchev–Trinajstić information content (AvgIpc) is 3.35. The van der Waals surface area contributed by atoms with Crippen molar-refractivity contribution in [3.63, 3.8) is 0 Å². The summed E-state index contributed by atoms with van der Waals surface area (Å²) in [5.41, 5.74) is -1.21. The Morgan fingerprint density at radius 1 is 0.971 bits per heavy atom. The molecule has 5 rings (SSSR count). The quantitative estimate of drug-likeness (QED) is 0.504. The van der Waals surface area contributed by atoms with E-state index in [-0.39, 0.29) is 11.6 Å². The Morgan fingerprint density at radius 2 is 1.65 bits per heavy atom. The molecule has 0 unspecified atom stereocenters. The molecule has 2 heterocycles. The predicted molar refractivity (Wildman–Crippen MR) is 125 cm³/mol. The molecule has 1 saturated heterocycles. The highest BCUT2D eigenvalue weighted by Gasteiger charge is 2.34. The molecule has 1 aliphatic carbocycles. The number of likely N-dealkylation sites (tertiary alicyclic amines) is 1. The fraction of sp³-hybridized carbons (Fsp3) is 0.462. The van der Waals surface area contributed by atoms with Crippen LogP contribution in [0.5, 0.6) is 5.75 Å². The lowest BCUT2D eigenvalue weighted by molar-refractivity contribution is -0.136. The minimum Gasteiger partial charge on any atom is -0.490 e. The summed E-state index contributed by atoms with van der Waals surface area (Å²) in [6.45, 7) is 3.71. The van der Waals surface area contributed by atoms with Crippen molar-refractivity contribution in [2.45, 2.75) is 63.8 Å². The Morgan fingerprint density at radius 3 is 2.29 bits per heavy atom. The fourth-order valence-electron chi connectivity index (χ4n) is 5.38. The molecule has 5 nitrogen and oxygen atoms in total. The summed E-state index contributed by atoms with van der Waals surface area (Å²) in [5, 5.41) is -0.421. The number of hydrogen-bond acceptors (Lipinski definition) is 4. The Kier molecular flexibility index (Phi) is 6.10. The van der Waals surface area contributed by atoms with Crippen molar-refractivity contribution in [3.8, 4) is 11.4 Å². The topological polar surface area (TPSA) is 47.4 Å². The zero-order valence-corrected chi connectivity index (χ0v) is 19.1. The number of aryl methyl sites for hydroxylation is 1. The summed E-state index contributed by atoms with van der Waals surface area (Å²) in [4.78, 5) is 20.0. The molecule has 0 spiro atoms. The van der Waals surface area contributed by atoms with Crippen LogP contribution in [0.3, 0.4) is 0 Å². The molecule has 180 valence electrons. The molecule has 0 N–H and O–H groups in total. The summed E-state index contributed by atoms with van der Waals surface area (Å²) >= 11 is 0. The summed E-state index contributed by atoms with van der Waals surface area (Å²) in [6, 6.07) is 11.3. The van der Waals surface area contributed by atoms with Crippen molar-refractivity contribution in [1.29, 1.82) is 0 Å².